The van der Waals surface area contributed by atoms with E-state index in [9.17, 15) is 9.59 Å². The summed E-state index contributed by atoms with van der Waals surface area (Å²) < 4.78 is 8.89. The Hall–Kier alpha value is -2.42. The van der Waals surface area contributed by atoms with Gasteiger partial charge < -0.3 is 9.47 Å². The smallest absolute Gasteiger partial charge is 0.358 e. The van der Waals surface area contributed by atoms with E-state index >= 15 is 0 Å². The highest BCUT2D eigenvalue weighted by Crippen LogP contribution is 2.01. The van der Waals surface area contributed by atoms with Gasteiger partial charge in [-0.25, -0.2) is 9.59 Å². The number of hydrogen-bond acceptors (Lipinski definition) is 8. The number of aryl methyl sites for hydroxylation is 1. The molecule has 0 aliphatic carbocycles. The summed E-state index contributed by atoms with van der Waals surface area (Å²) in [6.07, 6.45) is 0. The van der Waals surface area contributed by atoms with E-state index in [2.05, 4.69) is 45.8 Å². The van der Waals surface area contributed by atoms with Crippen molar-refractivity contribution in [3.05, 3.63) is 47.0 Å². The van der Waals surface area contributed by atoms with E-state index in [-0.39, 0.29) is 11.4 Å². The molecule has 0 amide bonds. The van der Waals surface area contributed by atoms with E-state index in [1.807, 2.05) is 0 Å². The summed E-state index contributed by atoms with van der Waals surface area (Å²) in [5.41, 5.74) is 2.01. The second kappa shape index (κ2) is 9.57. The molecule has 0 radical (unpaired) electrons. The third kappa shape index (κ3) is 6.07. The van der Waals surface area contributed by atoms with Gasteiger partial charge in [0.15, 0.2) is 11.4 Å². The molecule has 9 heteroatoms. The Morgan fingerprint density at radius 2 is 1.43 bits per heavy atom. The predicted molar refractivity (Wildman–Crippen MR) is 84.1 cm³/mol. The Labute approximate surface area is 141 Å². The largest absolute Gasteiger partial charge is 0.464 e. The van der Waals surface area contributed by atoms with Crippen LogP contribution in [0.2, 0.25) is 0 Å². The monoisotopic (exact) mass is 382 g/mol. The molecule has 0 saturated heterocycles. The summed E-state index contributed by atoms with van der Waals surface area (Å²) in [4.78, 5) is 21.7. The predicted octanol–water partition coefficient (Wildman–Crippen LogP) is 1.73. The highest BCUT2D eigenvalue weighted by Gasteiger charge is 2.06. The van der Waals surface area contributed by atoms with Crippen LogP contribution in [0.5, 0.6) is 0 Å². The lowest BCUT2D eigenvalue weighted by Crippen LogP contribution is -2.05. The van der Waals surface area contributed by atoms with Gasteiger partial charge in [0.05, 0.1) is 25.6 Å². The van der Waals surface area contributed by atoms with Gasteiger partial charge in [-0.3, -0.25) is 0 Å². The van der Waals surface area contributed by atoms with E-state index in [4.69, 9.17) is 0 Å². The van der Waals surface area contributed by atoms with Crippen molar-refractivity contribution < 1.29 is 19.1 Å². The molecule has 0 spiro atoms. The fraction of sp³-hybridized carbons (Fsp3) is 0.286. The van der Waals surface area contributed by atoms with Crippen molar-refractivity contribution in [2.45, 2.75) is 12.3 Å². The third-order valence-electron chi connectivity index (χ3n) is 2.44. The summed E-state index contributed by atoms with van der Waals surface area (Å²) in [7, 11) is 2.62. The van der Waals surface area contributed by atoms with E-state index in [0.29, 0.717) is 5.33 Å². The lowest BCUT2D eigenvalue weighted by molar-refractivity contribution is 0.0584. The molecule has 0 fully saturated rings. The van der Waals surface area contributed by atoms with Crippen LogP contribution in [0.4, 0.5) is 0 Å². The Kier molecular flexibility index (Phi) is 7.75. The molecule has 0 saturated carbocycles. The zero-order valence-electron chi connectivity index (χ0n) is 12.8. The molecule has 8 nitrogen and oxygen atoms in total. The van der Waals surface area contributed by atoms with Crippen molar-refractivity contribution in [2.24, 2.45) is 0 Å². The lowest BCUT2D eigenvalue weighted by Gasteiger charge is -1.96. The van der Waals surface area contributed by atoms with Crippen LogP contribution in [0.15, 0.2) is 24.3 Å². The molecule has 0 unspecified atom stereocenters. The standard InChI is InChI=1S/C7H7BrN2O2.C7H8N2O2/c1-12-7(11)6-3-2-5(4-8)9-10-6;1-5-3-4-6(9-8-5)7(10)11-2/h2-3H,4H2,1H3;3-4H,1-2H3. The van der Waals surface area contributed by atoms with Crippen molar-refractivity contribution in [1.82, 2.24) is 20.4 Å². The molecule has 2 heterocycles. The molecule has 23 heavy (non-hydrogen) atoms. The first-order chi connectivity index (χ1) is 11.0. The molecular weight excluding hydrogens is 368 g/mol. The summed E-state index contributed by atoms with van der Waals surface area (Å²) in [5, 5.41) is 15.4. The quantitative estimate of drug-likeness (QED) is 0.583. The fourth-order valence-electron chi connectivity index (χ4n) is 1.26. The average Bonchev–Trinajstić information content (AvgIpc) is 2.61. The number of esters is 2. The van der Waals surface area contributed by atoms with Crippen LogP contribution in [0.25, 0.3) is 0 Å². The molecule has 0 N–H and O–H groups in total. The molecule has 0 aliphatic rings. The van der Waals surface area contributed by atoms with Gasteiger partial charge in [-0.2, -0.15) is 10.2 Å². The number of nitrogens with zero attached hydrogens (tertiary/aromatic N) is 4. The topological polar surface area (TPSA) is 104 Å². The Morgan fingerprint density at radius 3 is 1.78 bits per heavy atom. The number of aromatic nitrogens is 4. The minimum atomic E-state index is -0.469. The first-order valence-corrected chi connectivity index (χ1v) is 7.49. The van der Waals surface area contributed by atoms with Gasteiger partial charge in [0.1, 0.15) is 0 Å². The van der Waals surface area contributed by atoms with Gasteiger partial charge >= 0.3 is 11.9 Å². The Morgan fingerprint density at radius 1 is 0.913 bits per heavy atom. The summed E-state index contributed by atoms with van der Waals surface area (Å²) in [5.74, 6) is -0.930. The number of alkyl halides is 1. The van der Waals surface area contributed by atoms with Gasteiger partial charge in [0.2, 0.25) is 0 Å². The molecular formula is C14H15BrN4O4. The van der Waals surface area contributed by atoms with Crippen LogP contribution in [-0.4, -0.2) is 46.6 Å². The zero-order valence-corrected chi connectivity index (χ0v) is 14.4. The van der Waals surface area contributed by atoms with Crippen LogP contribution in [0.3, 0.4) is 0 Å². The average molecular weight is 383 g/mol. The van der Waals surface area contributed by atoms with Crippen LogP contribution in [0.1, 0.15) is 32.4 Å². The van der Waals surface area contributed by atoms with Crippen LogP contribution in [0, 0.1) is 6.92 Å². The number of halogens is 1. The molecule has 122 valence electrons. The maximum absolute atomic E-state index is 10.9. The normalized spacial score (nSPS) is 9.39. The summed E-state index contributed by atoms with van der Waals surface area (Å²) >= 11 is 3.22. The second-order valence-electron chi connectivity index (χ2n) is 4.09. The van der Waals surface area contributed by atoms with Crippen LogP contribution in [-0.2, 0) is 14.8 Å². The Balaban J connectivity index is 0.000000231. The molecule has 0 aliphatic heterocycles. The molecule has 0 bridgehead atoms. The molecule has 0 atom stereocenters. The minimum absolute atomic E-state index is 0.224. The Bertz CT molecular complexity index is 647. The second-order valence-corrected chi connectivity index (χ2v) is 4.65. The maximum atomic E-state index is 10.9. The number of methoxy groups -OCH3 is 2. The van der Waals surface area contributed by atoms with E-state index < -0.39 is 11.9 Å². The van der Waals surface area contributed by atoms with Crippen molar-refractivity contribution in [3.63, 3.8) is 0 Å². The van der Waals surface area contributed by atoms with Gasteiger partial charge in [-0.1, -0.05) is 15.9 Å². The highest BCUT2D eigenvalue weighted by molar-refractivity contribution is 9.08. The van der Waals surface area contributed by atoms with Crippen molar-refractivity contribution in [3.8, 4) is 0 Å². The van der Waals surface area contributed by atoms with E-state index in [1.165, 1.54) is 14.2 Å². The third-order valence-corrected chi connectivity index (χ3v) is 3.02. The summed E-state index contributed by atoms with van der Waals surface area (Å²) in [6.45, 7) is 1.80. The first kappa shape index (κ1) is 18.6. The molecule has 2 aromatic rings. The number of carbonyl (C=O) groups excluding carboxylic acids is 2. The van der Waals surface area contributed by atoms with Gasteiger partial charge in [0, 0.05) is 5.33 Å². The van der Waals surface area contributed by atoms with E-state index in [0.717, 1.165) is 11.4 Å². The summed E-state index contributed by atoms with van der Waals surface area (Å²) in [6, 6.07) is 6.58. The molecule has 2 aromatic heterocycles. The van der Waals surface area contributed by atoms with Crippen molar-refractivity contribution in [2.75, 3.05) is 14.2 Å². The first-order valence-electron chi connectivity index (χ1n) is 6.37. The van der Waals surface area contributed by atoms with Crippen LogP contribution < -0.4 is 0 Å². The van der Waals surface area contributed by atoms with Crippen LogP contribution >= 0.6 is 15.9 Å². The number of carbonyl (C=O) groups is 2. The lowest BCUT2D eigenvalue weighted by atomic mass is 10.3. The van der Waals surface area contributed by atoms with Gasteiger partial charge in [-0.15, -0.1) is 10.2 Å². The van der Waals surface area contributed by atoms with Gasteiger partial charge in [-0.05, 0) is 31.2 Å². The fourth-order valence-corrected chi connectivity index (χ4v) is 1.56. The highest BCUT2D eigenvalue weighted by atomic mass is 79.9. The number of hydrogen-bond donors (Lipinski definition) is 0. The number of rotatable bonds is 3. The molecule has 0 aromatic carbocycles. The van der Waals surface area contributed by atoms with E-state index in [1.54, 1.807) is 31.2 Å². The zero-order chi connectivity index (χ0) is 17.2. The molecule has 2 rings (SSSR count). The van der Waals surface area contributed by atoms with Crippen molar-refractivity contribution in [1.29, 1.82) is 0 Å². The number of ether oxygens (including phenoxy) is 2. The maximum Gasteiger partial charge on any atom is 0.358 e. The minimum Gasteiger partial charge on any atom is -0.464 e. The van der Waals surface area contributed by atoms with Gasteiger partial charge in [0.25, 0.3) is 0 Å². The SMILES string of the molecule is COC(=O)c1ccc(C)nn1.COC(=O)c1ccc(CBr)nn1. The van der Waals surface area contributed by atoms with Crippen molar-refractivity contribution >= 4 is 27.9 Å².